The first-order valence-corrected chi connectivity index (χ1v) is 8.09. The molecule has 7 nitrogen and oxygen atoms in total. The molecule has 3 rings (SSSR count). The molecule has 0 aliphatic carbocycles. The van der Waals surface area contributed by atoms with Crippen molar-refractivity contribution in [3.05, 3.63) is 46.5 Å². The molecule has 2 heterocycles. The number of nitriles is 1. The van der Waals surface area contributed by atoms with Gasteiger partial charge in [-0.25, -0.2) is 0 Å². The number of nitrogens with one attached hydrogen (secondary N) is 1. The number of allylic oxidation sites excluding steroid dienone is 1. The van der Waals surface area contributed by atoms with Crippen molar-refractivity contribution in [2.75, 3.05) is 6.61 Å². The zero-order valence-corrected chi connectivity index (χ0v) is 14.3. The zero-order chi connectivity index (χ0) is 18.1. The van der Waals surface area contributed by atoms with Crippen LogP contribution < -0.4 is 15.2 Å². The number of phenols is 1. The summed E-state index contributed by atoms with van der Waals surface area (Å²) in [7, 11) is 0. The third-order valence-corrected chi connectivity index (χ3v) is 4.16. The fraction of sp³-hybridized carbons (Fsp3) is 0.333. The van der Waals surface area contributed by atoms with E-state index in [-0.39, 0.29) is 17.6 Å². The number of phenolic OH excluding ortho intramolecular Hbond substituents is 1. The van der Waals surface area contributed by atoms with E-state index in [2.05, 4.69) is 16.3 Å². The molecule has 25 heavy (non-hydrogen) atoms. The second-order valence-electron chi connectivity index (χ2n) is 6.10. The monoisotopic (exact) mass is 340 g/mol. The Morgan fingerprint density at radius 2 is 2.24 bits per heavy atom. The summed E-state index contributed by atoms with van der Waals surface area (Å²) in [5, 5.41) is 26.8. The largest absolute Gasteiger partial charge is 0.504 e. The SMILES string of the molecule is CCOc1cc([C@@H]2C(C#N)=C(N)Oc3n[nH]c(C(C)C)c32)ccc1O. The van der Waals surface area contributed by atoms with Gasteiger partial charge in [-0.2, -0.15) is 5.26 Å². The number of benzene rings is 1. The number of hydrogen-bond acceptors (Lipinski definition) is 6. The predicted octanol–water partition coefficient (Wildman–Crippen LogP) is 2.86. The number of H-pyrrole nitrogens is 1. The number of hydrogen-bond donors (Lipinski definition) is 3. The van der Waals surface area contributed by atoms with Crippen molar-refractivity contribution in [1.82, 2.24) is 10.2 Å². The number of nitrogens with two attached hydrogens (primary N) is 1. The van der Waals surface area contributed by atoms with Gasteiger partial charge in [-0.3, -0.25) is 5.10 Å². The van der Waals surface area contributed by atoms with Gasteiger partial charge < -0.3 is 20.3 Å². The first kappa shape index (κ1) is 16.7. The number of rotatable bonds is 4. The van der Waals surface area contributed by atoms with Crippen LogP contribution in [0.15, 0.2) is 29.7 Å². The van der Waals surface area contributed by atoms with Gasteiger partial charge in [0.1, 0.15) is 11.6 Å². The van der Waals surface area contributed by atoms with Crippen LogP contribution >= 0.6 is 0 Å². The number of ether oxygens (including phenoxy) is 2. The summed E-state index contributed by atoms with van der Waals surface area (Å²) in [6.07, 6.45) is 0. The summed E-state index contributed by atoms with van der Waals surface area (Å²) in [5.74, 6) is 0.530. The fourth-order valence-electron chi connectivity index (χ4n) is 3.02. The first-order chi connectivity index (χ1) is 12.0. The number of nitrogens with zero attached hydrogens (tertiary/aromatic N) is 2. The maximum Gasteiger partial charge on any atom is 0.244 e. The van der Waals surface area contributed by atoms with Crippen LogP contribution in [0, 0.1) is 11.3 Å². The van der Waals surface area contributed by atoms with Gasteiger partial charge in [-0.05, 0) is 30.5 Å². The minimum absolute atomic E-state index is 0.0350. The lowest BCUT2D eigenvalue weighted by Crippen LogP contribution is -2.21. The summed E-state index contributed by atoms with van der Waals surface area (Å²) in [4.78, 5) is 0. The average Bonchev–Trinajstić information content (AvgIpc) is 2.99. The van der Waals surface area contributed by atoms with Gasteiger partial charge in [0.25, 0.3) is 0 Å². The van der Waals surface area contributed by atoms with Crippen LogP contribution in [0.4, 0.5) is 0 Å². The summed E-state index contributed by atoms with van der Waals surface area (Å²) in [6.45, 7) is 6.31. The maximum absolute atomic E-state index is 9.97. The normalized spacial score (nSPS) is 16.4. The Labute approximate surface area is 145 Å². The van der Waals surface area contributed by atoms with E-state index in [0.29, 0.717) is 23.8 Å². The molecule has 0 amide bonds. The highest BCUT2D eigenvalue weighted by atomic mass is 16.5. The molecule has 0 fully saturated rings. The van der Waals surface area contributed by atoms with Crippen molar-refractivity contribution in [2.24, 2.45) is 5.73 Å². The van der Waals surface area contributed by atoms with Crippen molar-refractivity contribution in [2.45, 2.75) is 32.6 Å². The lowest BCUT2D eigenvalue weighted by molar-refractivity contribution is 0.317. The lowest BCUT2D eigenvalue weighted by atomic mass is 9.82. The van der Waals surface area contributed by atoms with Crippen LogP contribution in [0.1, 0.15) is 49.4 Å². The van der Waals surface area contributed by atoms with E-state index in [4.69, 9.17) is 15.2 Å². The minimum atomic E-state index is -0.440. The van der Waals surface area contributed by atoms with Crippen LogP contribution in [0.3, 0.4) is 0 Å². The number of aromatic hydroxyl groups is 1. The van der Waals surface area contributed by atoms with Gasteiger partial charge in [-0.15, -0.1) is 5.10 Å². The zero-order valence-electron chi connectivity index (χ0n) is 14.3. The highest BCUT2D eigenvalue weighted by Crippen LogP contribution is 2.45. The molecule has 0 bridgehead atoms. The van der Waals surface area contributed by atoms with E-state index in [1.807, 2.05) is 20.8 Å². The second-order valence-corrected chi connectivity index (χ2v) is 6.10. The van der Waals surface area contributed by atoms with Crippen molar-refractivity contribution in [3.63, 3.8) is 0 Å². The molecule has 0 saturated heterocycles. The molecule has 0 spiro atoms. The maximum atomic E-state index is 9.97. The van der Waals surface area contributed by atoms with Crippen molar-refractivity contribution in [1.29, 1.82) is 5.26 Å². The Bertz CT molecular complexity index is 877. The van der Waals surface area contributed by atoms with E-state index in [1.165, 1.54) is 0 Å². The molecule has 0 radical (unpaired) electrons. The average molecular weight is 340 g/mol. The Morgan fingerprint density at radius 1 is 1.48 bits per heavy atom. The van der Waals surface area contributed by atoms with Gasteiger partial charge in [-0.1, -0.05) is 19.9 Å². The molecular formula is C18H20N4O3. The number of aromatic amines is 1. The lowest BCUT2D eigenvalue weighted by Gasteiger charge is -2.25. The van der Waals surface area contributed by atoms with Crippen molar-refractivity contribution >= 4 is 0 Å². The van der Waals surface area contributed by atoms with E-state index in [9.17, 15) is 10.4 Å². The molecule has 1 atom stereocenters. The van der Waals surface area contributed by atoms with Crippen LogP contribution in [0.25, 0.3) is 0 Å². The van der Waals surface area contributed by atoms with Gasteiger partial charge in [0.15, 0.2) is 11.5 Å². The second kappa shape index (κ2) is 6.40. The molecule has 130 valence electrons. The van der Waals surface area contributed by atoms with Gasteiger partial charge in [0, 0.05) is 5.69 Å². The van der Waals surface area contributed by atoms with Crippen molar-refractivity contribution < 1.29 is 14.6 Å². The molecular weight excluding hydrogens is 320 g/mol. The molecule has 1 aromatic heterocycles. The summed E-state index contributed by atoms with van der Waals surface area (Å²) >= 11 is 0. The molecule has 7 heteroatoms. The van der Waals surface area contributed by atoms with E-state index >= 15 is 0 Å². The molecule has 4 N–H and O–H groups in total. The quantitative estimate of drug-likeness (QED) is 0.788. The highest BCUT2D eigenvalue weighted by Gasteiger charge is 2.36. The third kappa shape index (κ3) is 2.76. The molecule has 1 aliphatic rings. The fourth-order valence-corrected chi connectivity index (χ4v) is 3.02. The van der Waals surface area contributed by atoms with Gasteiger partial charge in [0.05, 0.1) is 18.1 Å². The Balaban J connectivity index is 2.22. The Morgan fingerprint density at radius 3 is 2.88 bits per heavy atom. The molecule has 0 unspecified atom stereocenters. The molecule has 1 aliphatic heterocycles. The first-order valence-electron chi connectivity index (χ1n) is 8.09. The summed E-state index contributed by atoms with van der Waals surface area (Å²) in [6, 6.07) is 7.17. The number of fused-ring (bicyclic) bond motifs is 1. The smallest absolute Gasteiger partial charge is 0.244 e. The van der Waals surface area contributed by atoms with Crippen LogP contribution in [0.2, 0.25) is 0 Å². The van der Waals surface area contributed by atoms with Gasteiger partial charge >= 0.3 is 0 Å². The molecule has 1 aromatic carbocycles. The van der Waals surface area contributed by atoms with Crippen LogP contribution in [-0.4, -0.2) is 21.9 Å². The third-order valence-electron chi connectivity index (χ3n) is 4.16. The summed E-state index contributed by atoms with van der Waals surface area (Å²) in [5.41, 5.74) is 8.69. The standard InChI is InChI=1S/C18H20N4O3/c1-4-24-13-7-10(5-6-12(13)23)14-11(8-19)17(20)25-18-15(14)16(9(2)3)21-22-18/h5-7,9,14,23H,4,20H2,1-3H3,(H,21,22)/t14-/m1/s1. The summed E-state index contributed by atoms with van der Waals surface area (Å²) < 4.78 is 11.0. The van der Waals surface area contributed by atoms with E-state index < -0.39 is 5.92 Å². The minimum Gasteiger partial charge on any atom is -0.504 e. The molecule has 2 aromatic rings. The van der Waals surface area contributed by atoms with E-state index in [1.54, 1.807) is 18.2 Å². The number of aromatic nitrogens is 2. The Kier molecular flexibility index (Phi) is 4.28. The Hall–Kier alpha value is -3.14. The van der Waals surface area contributed by atoms with Crippen molar-refractivity contribution in [3.8, 4) is 23.4 Å². The topological polar surface area (TPSA) is 117 Å². The van der Waals surface area contributed by atoms with Gasteiger partial charge in [0.2, 0.25) is 11.8 Å². The van der Waals surface area contributed by atoms with Crippen LogP contribution in [0.5, 0.6) is 17.4 Å². The molecule has 0 saturated carbocycles. The predicted molar refractivity (Wildman–Crippen MR) is 91.2 cm³/mol. The van der Waals surface area contributed by atoms with Crippen LogP contribution in [-0.2, 0) is 0 Å². The highest BCUT2D eigenvalue weighted by molar-refractivity contribution is 5.57. The van der Waals surface area contributed by atoms with E-state index in [0.717, 1.165) is 16.8 Å².